The lowest BCUT2D eigenvalue weighted by atomic mass is 10.0. The summed E-state index contributed by atoms with van der Waals surface area (Å²) < 4.78 is 26.7. The van der Waals surface area contributed by atoms with Gasteiger partial charge in [-0.25, -0.2) is 8.78 Å². The first-order valence-electron chi connectivity index (χ1n) is 7.03. The summed E-state index contributed by atoms with van der Waals surface area (Å²) in [5, 5.41) is 0. The van der Waals surface area contributed by atoms with E-state index in [9.17, 15) is 8.78 Å². The SMILES string of the molecule is CC1CCCCCN1C(CN)c1cc(F)cc(F)c1. The molecule has 2 atom stereocenters. The Kier molecular flexibility index (Phi) is 4.88. The van der Waals surface area contributed by atoms with Gasteiger partial charge in [0.15, 0.2) is 0 Å². The Morgan fingerprint density at radius 2 is 1.89 bits per heavy atom. The summed E-state index contributed by atoms with van der Waals surface area (Å²) in [5.74, 6) is -1.06. The van der Waals surface area contributed by atoms with Gasteiger partial charge in [0.05, 0.1) is 0 Å². The minimum atomic E-state index is -0.532. The monoisotopic (exact) mass is 268 g/mol. The molecular weight excluding hydrogens is 246 g/mol. The van der Waals surface area contributed by atoms with E-state index in [1.54, 1.807) is 0 Å². The molecule has 2 unspecified atom stereocenters. The average molecular weight is 268 g/mol. The normalized spacial score (nSPS) is 23.1. The largest absolute Gasteiger partial charge is 0.329 e. The van der Waals surface area contributed by atoms with Crippen LogP contribution in [0.25, 0.3) is 0 Å². The molecule has 0 radical (unpaired) electrons. The van der Waals surface area contributed by atoms with Crippen molar-refractivity contribution in [3.05, 3.63) is 35.4 Å². The highest BCUT2D eigenvalue weighted by Gasteiger charge is 2.25. The van der Waals surface area contributed by atoms with Gasteiger partial charge >= 0.3 is 0 Å². The van der Waals surface area contributed by atoms with Crippen LogP contribution in [0.5, 0.6) is 0 Å². The molecule has 1 aliphatic heterocycles. The zero-order valence-electron chi connectivity index (χ0n) is 11.4. The molecule has 19 heavy (non-hydrogen) atoms. The molecule has 0 bridgehead atoms. The van der Waals surface area contributed by atoms with Gasteiger partial charge in [0.2, 0.25) is 0 Å². The van der Waals surface area contributed by atoms with Gasteiger partial charge in [-0.2, -0.15) is 0 Å². The van der Waals surface area contributed by atoms with Gasteiger partial charge in [0.25, 0.3) is 0 Å². The predicted octanol–water partition coefficient (Wildman–Crippen LogP) is 3.23. The van der Waals surface area contributed by atoms with Crippen LogP contribution in [0.15, 0.2) is 18.2 Å². The second-order valence-corrected chi connectivity index (χ2v) is 5.39. The van der Waals surface area contributed by atoms with E-state index < -0.39 is 11.6 Å². The third-order valence-electron chi connectivity index (χ3n) is 4.00. The van der Waals surface area contributed by atoms with Crippen molar-refractivity contribution >= 4 is 0 Å². The van der Waals surface area contributed by atoms with E-state index in [-0.39, 0.29) is 6.04 Å². The molecular formula is C15H22F2N2. The van der Waals surface area contributed by atoms with E-state index in [2.05, 4.69) is 11.8 Å². The van der Waals surface area contributed by atoms with Gasteiger partial charge in [-0.1, -0.05) is 12.8 Å². The predicted molar refractivity (Wildman–Crippen MR) is 72.8 cm³/mol. The lowest BCUT2D eigenvalue weighted by molar-refractivity contribution is 0.150. The smallest absolute Gasteiger partial charge is 0.126 e. The second-order valence-electron chi connectivity index (χ2n) is 5.39. The summed E-state index contributed by atoms with van der Waals surface area (Å²) in [5.41, 5.74) is 6.51. The van der Waals surface area contributed by atoms with Crippen LogP contribution in [-0.2, 0) is 0 Å². The van der Waals surface area contributed by atoms with Gasteiger partial charge < -0.3 is 5.73 Å². The van der Waals surface area contributed by atoms with E-state index in [4.69, 9.17) is 5.73 Å². The van der Waals surface area contributed by atoms with Crippen molar-refractivity contribution in [2.75, 3.05) is 13.1 Å². The number of nitrogens with two attached hydrogens (primary N) is 1. The Morgan fingerprint density at radius 3 is 2.53 bits per heavy atom. The van der Waals surface area contributed by atoms with Crippen molar-refractivity contribution < 1.29 is 8.78 Å². The molecule has 106 valence electrons. The molecule has 0 spiro atoms. The number of hydrogen-bond donors (Lipinski definition) is 1. The van der Waals surface area contributed by atoms with Crippen LogP contribution >= 0.6 is 0 Å². The molecule has 0 aliphatic carbocycles. The molecule has 1 aromatic rings. The van der Waals surface area contributed by atoms with E-state index in [0.717, 1.165) is 25.5 Å². The minimum absolute atomic E-state index is 0.0988. The maximum atomic E-state index is 13.4. The lowest BCUT2D eigenvalue weighted by Gasteiger charge is -2.35. The summed E-state index contributed by atoms with van der Waals surface area (Å²) in [6, 6.07) is 4.01. The topological polar surface area (TPSA) is 29.3 Å². The average Bonchev–Trinajstić information content (AvgIpc) is 2.55. The van der Waals surface area contributed by atoms with Crippen LogP contribution in [-0.4, -0.2) is 24.0 Å². The highest BCUT2D eigenvalue weighted by molar-refractivity contribution is 5.22. The maximum absolute atomic E-state index is 13.4. The van der Waals surface area contributed by atoms with Gasteiger partial charge in [-0.05, 0) is 44.0 Å². The molecule has 2 N–H and O–H groups in total. The van der Waals surface area contributed by atoms with Crippen LogP contribution in [0.1, 0.15) is 44.2 Å². The molecule has 0 saturated carbocycles. The molecule has 1 fully saturated rings. The van der Waals surface area contributed by atoms with Gasteiger partial charge in [-0.15, -0.1) is 0 Å². The Morgan fingerprint density at radius 1 is 1.21 bits per heavy atom. The Balaban J connectivity index is 2.26. The summed E-state index contributed by atoms with van der Waals surface area (Å²) >= 11 is 0. The fourth-order valence-corrected chi connectivity index (χ4v) is 2.99. The van der Waals surface area contributed by atoms with Crippen molar-refractivity contribution in [1.29, 1.82) is 0 Å². The van der Waals surface area contributed by atoms with E-state index >= 15 is 0 Å². The highest BCUT2D eigenvalue weighted by Crippen LogP contribution is 2.28. The summed E-state index contributed by atoms with van der Waals surface area (Å²) in [6.07, 6.45) is 4.68. The molecule has 2 rings (SSSR count). The van der Waals surface area contributed by atoms with Crippen molar-refractivity contribution in [2.24, 2.45) is 5.73 Å². The first kappa shape index (κ1) is 14.4. The molecule has 0 amide bonds. The number of nitrogens with zero attached hydrogens (tertiary/aromatic N) is 1. The quantitative estimate of drug-likeness (QED) is 0.912. The van der Waals surface area contributed by atoms with Crippen LogP contribution in [0, 0.1) is 11.6 Å². The second kappa shape index (κ2) is 6.44. The Hall–Kier alpha value is -1.00. The lowest BCUT2D eigenvalue weighted by Crippen LogP contribution is -2.39. The number of halogens is 2. The van der Waals surface area contributed by atoms with Crippen LogP contribution in [0.3, 0.4) is 0 Å². The Labute approximate surface area is 113 Å². The van der Waals surface area contributed by atoms with Crippen molar-refractivity contribution in [3.63, 3.8) is 0 Å². The van der Waals surface area contributed by atoms with Gasteiger partial charge in [-0.3, -0.25) is 4.90 Å². The number of rotatable bonds is 3. The summed E-state index contributed by atoms with van der Waals surface area (Å²) in [4.78, 5) is 2.29. The Bertz CT molecular complexity index is 402. The third kappa shape index (κ3) is 3.51. The zero-order valence-corrected chi connectivity index (χ0v) is 11.4. The fourth-order valence-electron chi connectivity index (χ4n) is 2.99. The number of hydrogen-bond acceptors (Lipinski definition) is 2. The molecule has 1 aromatic carbocycles. The standard InChI is InChI=1S/C15H22F2N2/c1-11-5-3-2-4-6-19(11)15(10-18)12-7-13(16)9-14(17)8-12/h7-9,11,15H,2-6,10,18H2,1H3. The van der Waals surface area contributed by atoms with Crippen LogP contribution in [0.2, 0.25) is 0 Å². The van der Waals surface area contributed by atoms with E-state index in [1.807, 2.05) is 0 Å². The molecule has 1 heterocycles. The van der Waals surface area contributed by atoms with E-state index in [0.29, 0.717) is 18.2 Å². The first-order chi connectivity index (χ1) is 9.11. The molecule has 1 saturated heterocycles. The van der Waals surface area contributed by atoms with E-state index in [1.165, 1.54) is 25.0 Å². The van der Waals surface area contributed by atoms with Crippen molar-refractivity contribution in [1.82, 2.24) is 4.90 Å². The number of likely N-dealkylation sites (tertiary alicyclic amines) is 1. The van der Waals surface area contributed by atoms with Crippen molar-refractivity contribution in [2.45, 2.75) is 44.7 Å². The maximum Gasteiger partial charge on any atom is 0.126 e. The highest BCUT2D eigenvalue weighted by atomic mass is 19.1. The molecule has 2 nitrogen and oxygen atoms in total. The molecule has 0 aromatic heterocycles. The van der Waals surface area contributed by atoms with Crippen molar-refractivity contribution in [3.8, 4) is 0 Å². The van der Waals surface area contributed by atoms with Crippen LogP contribution < -0.4 is 5.73 Å². The van der Waals surface area contributed by atoms with Gasteiger partial charge in [0.1, 0.15) is 11.6 Å². The molecule has 1 aliphatic rings. The molecule has 4 heteroatoms. The number of benzene rings is 1. The zero-order chi connectivity index (χ0) is 13.8. The van der Waals surface area contributed by atoms with Gasteiger partial charge in [0, 0.05) is 24.7 Å². The first-order valence-corrected chi connectivity index (χ1v) is 7.03. The third-order valence-corrected chi connectivity index (χ3v) is 4.00. The van der Waals surface area contributed by atoms with Crippen LogP contribution in [0.4, 0.5) is 8.78 Å². The fraction of sp³-hybridized carbons (Fsp3) is 0.600. The summed E-state index contributed by atoms with van der Waals surface area (Å²) in [6.45, 7) is 3.50. The summed E-state index contributed by atoms with van der Waals surface area (Å²) in [7, 11) is 0. The minimum Gasteiger partial charge on any atom is -0.329 e.